The number of methoxy groups -OCH3 is 1. The van der Waals surface area contributed by atoms with Crippen LogP contribution < -0.4 is 14.1 Å². The second-order valence-corrected chi connectivity index (χ2v) is 22.8. The van der Waals surface area contributed by atoms with E-state index in [9.17, 15) is 9.59 Å². The number of anilines is 1. The number of benzene rings is 2. The van der Waals surface area contributed by atoms with E-state index in [0.717, 1.165) is 30.2 Å². The molecular weight excluding hydrogens is 732 g/mol. The molecule has 3 saturated heterocycles. The van der Waals surface area contributed by atoms with Crippen molar-refractivity contribution < 1.29 is 32.6 Å². The highest BCUT2D eigenvalue weighted by Crippen LogP contribution is 2.45. The minimum absolute atomic E-state index is 0.0257. The Labute approximate surface area is 329 Å². The molecule has 2 aromatic carbocycles. The molecule has 3 fully saturated rings. The third-order valence-electron chi connectivity index (χ3n) is 12.0. The number of ether oxygens (including phenoxy) is 3. The van der Waals surface area contributed by atoms with E-state index in [1.165, 1.54) is 12.0 Å². The number of nitrogens with zero attached hydrogens (tertiary/aromatic N) is 6. The Balaban J connectivity index is 1.36. The molecule has 2 aromatic heterocycles. The topological polar surface area (TPSA) is 119 Å². The van der Waals surface area contributed by atoms with Crippen LogP contribution in [0.4, 0.5) is 15.0 Å². The van der Waals surface area contributed by atoms with Crippen LogP contribution in [0.5, 0.6) is 11.8 Å². The third-order valence-corrected chi connectivity index (χ3v) is 16.4. The Hall–Kier alpha value is -4.56. The van der Waals surface area contributed by atoms with E-state index < -0.39 is 43.4 Å². The van der Waals surface area contributed by atoms with Crippen LogP contribution in [0.3, 0.4) is 0 Å². The lowest BCUT2D eigenvalue weighted by Gasteiger charge is -2.47. The Morgan fingerprint density at radius 3 is 2.46 bits per heavy atom. The van der Waals surface area contributed by atoms with Gasteiger partial charge in [0.05, 0.1) is 25.1 Å². The molecule has 3 aliphatic rings. The van der Waals surface area contributed by atoms with Crippen molar-refractivity contribution in [3.63, 3.8) is 0 Å². The molecule has 56 heavy (non-hydrogen) atoms. The molecule has 0 saturated carbocycles. The summed E-state index contributed by atoms with van der Waals surface area (Å²) >= 11 is 0. The van der Waals surface area contributed by atoms with Crippen LogP contribution in [0, 0.1) is 5.82 Å². The number of aromatic nitrogens is 3. The van der Waals surface area contributed by atoms with E-state index >= 15 is 4.39 Å². The van der Waals surface area contributed by atoms with Crippen molar-refractivity contribution in [3.05, 3.63) is 48.4 Å². The predicted molar refractivity (Wildman–Crippen MR) is 217 cm³/mol. The first-order chi connectivity index (χ1) is 26.3. The fraction of sp³-hybridized carbons (Fsp3) is 0.548. The quantitative estimate of drug-likeness (QED) is 0.128. The van der Waals surface area contributed by atoms with Crippen LogP contribution >= 0.6 is 0 Å². The molecule has 3 aliphatic heterocycles. The highest BCUT2D eigenvalue weighted by Gasteiger charge is 2.60. The van der Waals surface area contributed by atoms with E-state index in [1.54, 1.807) is 27.0 Å². The summed E-state index contributed by atoms with van der Waals surface area (Å²) < 4.78 is 41.6. The van der Waals surface area contributed by atoms with Gasteiger partial charge in [-0.1, -0.05) is 45.0 Å². The van der Waals surface area contributed by atoms with Gasteiger partial charge in [-0.15, -0.1) is 0 Å². The van der Waals surface area contributed by atoms with E-state index in [-0.39, 0.29) is 34.8 Å². The largest absolute Gasteiger partial charge is 0.543 e. The zero-order chi connectivity index (χ0) is 40.4. The maximum atomic E-state index is 17.4. The summed E-state index contributed by atoms with van der Waals surface area (Å²) in [5, 5.41) is 2.04. The Morgan fingerprint density at radius 2 is 1.79 bits per heavy atom. The van der Waals surface area contributed by atoms with Gasteiger partial charge in [0.15, 0.2) is 11.4 Å². The van der Waals surface area contributed by atoms with Crippen LogP contribution in [-0.2, 0) is 14.3 Å². The van der Waals surface area contributed by atoms with Gasteiger partial charge in [-0.05, 0) is 101 Å². The molecule has 300 valence electrons. The third kappa shape index (κ3) is 7.26. The Bertz CT molecular complexity index is 2170. The molecule has 14 heteroatoms. The zero-order valence-corrected chi connectivity index (χ0v) is 35.4. The van der Waals surface area contributed by atoms with Gasteiger partial charge in [0.2, 0.25) is 8.32 Å². The zero-order valence-electron chi connectivity index (χ0n) is 34.4. The molecule has 2 unspecified atom stereocenters. The number of pyridine rings is 1. The molecule has 2 bridgehead atoms. The van der Waals surface area contributed by atoms with E-state index in [1.807, 2.05) is 41.3 Å². The summed E-state index contributed by atoms with van der Waals surface area (Å²) in [6.07, 6.45) is 3.96. The van der Waals surface area contributed by atoms with Gasteiger partial charge in [-0.25, -0.2) is 14.0 Å². The van der Waals surface area contributed by atoms with Crippen molar-refractivity contribution in [3.8, 4) is 23.0 Å². The van der Waals surface area contributed by atoms with Crippen molar-refractivity contribution in [1.29, 1.82) is 0 Å². The monoisotopic (exact) mass is 786 g/mol. The van der Waals surface area contributed by atoms with Crippen molar-refractivity contribution in [2.75, 3.05) is 45.3 Å². The molecule has 0 N–H and O–H groups in total. The summed E-state index contributed by atoms with van der Waals surface area (Å²) in [4.78, 5) is 47.4. The summed E-state index contributed by atoms with van der Waals surface area (Å²) in [5.74, 6) is -0.146. The van der Waals surface area contributed by atoms with E-state index in [2.05, 4.69) is 45.8 Å². The normalized spacial score (nSPS) is 21.8. The van der Waals surface area contributed by atoms with Crippen LogP contribution in [0.25, 0.3) is 32.9 Å². The second-order valence-electron chi connectivity index (χ2n) is 18.1. The van der Waals surface area contributed by atoms with Gasteiger partial charge in [0, 0.05) is 24.3 Å². The number of rotatable bonds is 8. The number of halogens is 1. The smallest absolute Gasteiger partial charge is 0.411 e. The van der Waals surface area contributed by atoms with Crippen LogP contribution in [0.1, 0.15) is 67.2 Å². The van der Waals surface area contributed by atoms with Crippen LogP contribution in [0.15, 0.2) is 42.6 Å². The van der Waals surface area contributed by atoms with Crippen molar-refractivity contribution in [2.45, 2.75) is 109 Å². The number of fused-ring (bicyclic) bond motifs is 4. The fourth-order valence-electron chi connectivity index (χ4n) is 8.08. The molecule has 0 spiro atoms. The number of carbonyl (C=O) groups excluding carboxylic acids is 2. The first-order valence-corrected chi connectivity index (χ1v) is 22.5. The minimum atomic E-state index is -2.25. The number of hydrogen-bond donors (Lipinski definition) is 0. The Morgan fingerprint density at radius 1 is 1.04 bits per heavy atom. The number of hydrogen-bond acceptors (Lipinski definition) is 11. The summed E-state index contributed by atoms with van der Waals surface area (Å²) in [7, 11) is 1.13. The molecule has 1 amide bonds. The van der Waals surface area contributed by atoms with Crippen molar-refractivity contribution in [2.24, 2.45) is 0 Å². The highest BCUT2D eigenvalue weighted by molar-refractivity contribution is 6.74. The van der Waals surface area contributed by atoms with E-state index in [0.29, 0.717) is 48.5 Å². The molecule has 0 aliphatic carbocycles. The van der Waals surface area contributed by atoms with Crippen LogP contribution in [0.2, 0.25) is 18.1 Å². The SMILES string of the molecule is COC(=O)C12CCC(CN(c3nc(OC[C@@H]4CCCN4C)nc4c(F)c(-c5cc(O[Si](C)(C)C(C)(C)C)cc6ccccc56)ncc34)C1)N2C(=O)OC(C)(C)C. The van der Waals surface area contributed by atoms with Gasteiger partial charge in [0.1, 0.15) is 35.0 Å². The number of carbonyl (C=O) groups is 2. The van der Waals surface area contributed by atoms with Gasteiger partial charge >= 0.3 is 18.1 Å². The standard InChI is InChI=1S/C42H55FN6O6Si/c1-40(2,3)54-39(51)49-27-17-18-42(49,37(50)52-8)25-48(23-27)36-32-22-44-34(33(43)35(32)45-38(46-36)53-24-28-15-13-19-47(28)7)31-21-29(55-56(9,10)41(4,5)6)20-26-14-11-12-16-30(26)31/h11-12,14,16,20-22,27-28H,13,15,17-19,23-25H2,1-10H3/t27?,28-,42?/m0/s1. The first-order valence-electron chi connectivity index (χ1n) is 19.6. The lowest BCUT2D eigenvalue weighted by molar-refractivity contribution is -0.154. The molecule has 12 nitrogen and oxygen atoms in total. The van der Waals surface area contributed by atoms with Crippen molar-refractivity contribution in [1.82, 2.24) is 24.8 Å². The lowest BCUT2D eigenvalue weighted by atomic mass is 9.94. The number of amides is 1. The minimum Gasteiger partial charge on any atom is -0.543 e. The summed E-state index contributed by atoms with van der Waals surface area (Å²) in [5.41, 5.74) is -1.36. The van der Waals surface area contributed by atoms with Gasteiger partial charge in [0.25, 0.3) is 0 Å². The average Bonchev–Trinajstić information content (AvgIpc) is 3.65. The molecule has 0 radical (unpaired) electrons. The average molecular weight is 787 g/mol. The van der Waals surface area contributed by atoms with Crippen molar-refractivity contribution >= 4 is 47.9 Å². The molecule has 4 aromatic rings. The number of likely N-dealkylation sites (N-methyl/N-ethyl adjacent to an activating group) is 1. The number of esters is 1. The van der Waals surface area contributed by atoms with Crippen LogP contribution in [-0.4, -0.2) is 109 Å². The molecule has 3 atom stereocenters. The molecule has 7 rings (SSSR count). The predicted octanol–water partition coefficient (Wildman–Crippen LogP) is 7.97. The second kappa shape index (κ2) is 14.4. The molecular formula is C42H55FN6O6Si. The molecule has 5 heterocycles. The Kier molecular flexibility index (Phi) is 10.2. The summed E-state index contributed by atoms with van der Waals surface area (Å²) in [6, 6.07) is 11.5. The van der Waals surface area contributed by atoms with Gasteiger partial charge < -0.3 is 28.4 Å². The maximum Gasteiger partial charge on any atom is 0.411 e. The fourth-order valence-corrected chi connectivity index (χ4v) is 9.09. The summed E-state index contributed by atoms with van der Waals surface area (Å²) in [6.45, 7) is 18.0. The van der Waals surface area contributed by atoms with Gasteiger partial charge in [-0.3, -0.25) is 9.88 Å². The van der Waals surface area contributed by atoms with Gasteiger partial charge in [-0.2, -0.15) is 9.97 Å². The number of piperazine rings is 1. The number of likely N-dealkylation sites (tertiary alicyclic amines) is 1. The highest BCUT2D eigenvalue weighted by atomic mass is 28.4. The van der Waals surface area contributed by atoms with E-state index in [4.69, 9.17) is 33.6 Å². The lowest BCUT2D eigenvalue weighted by Crippen LogP contribution is -2.67. The first kappa shape index (κ1) is 39.7. The maximum absolute atomic E-state index is 17.4.